The van der Waals surface area contributed by atoms with Gasteiger partial charge in [-0.15, -0.1) is 0 Å². The van der Waals surface area contributed by atoms with Crippen LogP contribution in [0.25, 0.3) is 11.0 Å². The van der Waals surface area contributed by atoms with Crippen molar-refractivity contribution in [3.63, 3.8) is 0 Å². The molecule has 0 aliphatic rings. The first-order valence-electron chi connectivity index (χ1n) is 10.1. The lowest BCUT2D eigenvalue weighted by atomic mass is 10.1. The van der Waals surface area contributed by atoms with Crippen LogP contribution in [-0.4, -0.2) is 43.3 Å². The van der Waals surface area contributed by atoms with Crippen molar-refractivity contribution in [1.29, 1.82) is 0 Å². The number of hydrogen-bond acceptors (Lipinski definition) is 5. The molecule has 3 aromatic rings. The molecule has 2 aromatic carbocycles. The van der Waals surface area contributed by atoms with E-state index in [2.05, 4.69) is 23.0 Å². The fourth-order valence-electron chi connectivity index (χ4n) is 3.52. The van der Waals surface area contributed by atoms with Crippen LogP contribution in [0.15, 0.2) is 36.4 Å². The number of hydrogen-bond donors (Lipinski definition) is 1. The van der Waals surface area contributed by atoms with E-state index in [-0.39, 0.29) is 5.91 Å². The minimum atomic E-state index is -0.162. The van der Waals surface area contributed by atoms with Crippen LogP contribution in [0.3, 0.4) is 0 Å². The van der Waals surface area contributed by atoms with Gasteiger partial charge in [0.15, 0.2) is 11.5 Å². The zero-order valence-corrected chi connectivity index (χ0v) is 18.0. The molecule has 0 radical (unpaired) electrons. The van der Waals surface area contributed by atoms with Gasteiger partial charge in [-0.05, 0) is 37.1 Å². The number of carbonyl (C=O) groups is 1. The van der Waals surface area contributed by atoms with Gasteiger partial charge in [-0.25, -0.2) is 4.98 Å². The number of unbranched alkanes of at least 4 members (excludes halogenated alkanes) is 2. The summed E-state index contributed by atoms with van der Waals surface area (Å²) >= 11 is 0. The molecule has 1 N–H and O–H groups in total. The molecule has 1 amide bonds. The number of nitrogens with zero attached hydrogens (tertiary/aromatic N) is 2. The Morgan fingerprint density at radius 1 is 1.00 bits per heavy atom. The van der Waals surface area contributed by atoms with Crippen molar-refractivity contribution in [2.45, 2.75) is 25.7 Å². The first-order valence-corrected chi connectivity index (χ1v) is 10.1. The lowest BCUT2D eigenvalue weighted by Gasteiger charge is -2.14. The van der Waals surface area contributed by atoms with Crippen molar-refractivity contribution in [2.24, 2.45) is 7.05 Å². The molecule has 30 heavy (non-hydrogen) atoms. The molecule has 0 fully saturated rings. The number of nitrogens with one attached hydrogen (secondary N) is 1. The van der Waals surface area contributed by atoms with Crippen LogP contribution in [0, 0.1) is 0 Å². The van der Waals surface area contributed by atoms with Gasteiger partial charge in [0.25, 0.3) is 5.91 Å². The number of methoxy groups -OCH3 is 3. The molecule has 1 heterocycles. The van der Waals surface area contributed by atoms with Crippen molar-refractivity contribution < 1.29 is 19.0 Å². The normalized spacial score (nSPS) is 10.8. The van der Waals surface area contributed by atoms with Crippen molar-refractivity contribution in [1.82, 2.24) is 14.9 Å². The first kappa shape index (κ1) is 21.5. The van der Waals surface area contributed by atoms with Crippen molar-refractivity contribution >= 4 is 16.9 Å². The molecule has 7 heteroatoms. The topological polar surface area (TPSA) is 74.6 Å². The monoisotopic (exact) mass is 411 g/mol. The lowest BCUT2D eigenvalue weighted by molar-refractivity contribution is 0.0952. The molecular formula is C23H29N3O4. The van der Waals surface area contributed by atoms with Gasteiger partial charge in [0.1, 0.15) is 5.82 Å². The number of rotatable bonds is 10. The largest absolute Gasteiger partial charge is 0.493 e. The van der Waals surface area contributed by atoms with Crippen LogP contribution in [0.2, 0.25) is 0 Å². The van der Waals surface area contributed by atoms with Crippen molar-refractivity contribution in [3.05, 3.63) is 47.8 Å². The molecule has 0 saturated heterocycles. The van der Waals surface area contributed by atoms with Crippen LogP contribution in [0.5, 0.6) is 17.2 Å². The fourth-order valence-corrected chi connectivity index (χ4v) is 3.52. The maximum Gasteiger partial charge on any atom is 0.251 e. The minimum Gasteiger partial charge on any atom is -0.493 e. The van der Waals surface area contributed by atoms with E-state index in [0.717, 1.165) is 42.5 Å². The maximum atomic E-state index is 12.5. The summed E-state index contributed by atoms with van der Waals surface area (Å²) in [6.45, 7) is 0.609. The molecule has 0 aliphatic heterocycles. The Morgan fingerprint density at radius 3 is 2.33 bits per heavy atom. The van der Waals surface area contributed by atoms with E-state index in [1.165, 1.54) is 21.3 Å². The van der Waals surface area contributed by atoms with Crippen molar-refractivity contribution in [3.8, 4) is 17.2 Å². The third-order valence-electron chi connectivity index (χ3n) is 5.17. The van der Waals surface area contributed by atoms with Gasteiger partial charge in [-0.2, -0.15) is 0 Å². The summed E-state index contributed by atoms with van der Waals surface area (Å²) in [5.74, 6) is 2.33. The number of para-hydroxylation sites is 2. The summed E-state index contributed by atoms with van der Waals surface area (Å²) in [5, 5.41) is 2.96. The van der Waals surface area contributed by atoms with Crippen LogP contribution in [0.1, 0.15) is 35.4 Å². The number of aryl methyl sites for hydroxylation is 2. The predicted molar refractivity (Wildman–Crippen MR) is 117 cm³/mol. The number of aromatic nitrogens is 2. The summed E-state index contributed by atoms with van der Waals surface area (Å²) in [5.41, 5.74) is 2.67. The Labute approximate surface area is 177 Å². The number of imidazole rings is 1. The number of carbonyl (C=O) groups excluding carboxylic acids is 1. The highest BCUT2D eigenvalue weighted by molar-refractivity contribution is 5.95. The Bertz CT molecular complexity index is 988. The molecule has 0 saturated carbocycles. The Morgan fingerprint density at radius 2 is 1.70 bits per heavy atom. The highest BCUT2D eigenvalue weighted by Crippen LogP contribution is 2.38. The third-order valence-corrected chi connectivity index (χ3v) is 5.17. The highest BCUT2D eigenvalue weighted by atomic mass is 16.5. The third kappa shape index (κ3) is 4.67. The summed E-state index contributed by atoms with van der Waals surface area (Å²) in [7, 11) is 6.66. The first-order chi connectivity index (χ1) is 14.6. The molecular weight excluding hydrogens is 382 g/mol. The van der Waals surface area contributed by atoms with Crippen LogP contribution in [-0.2, 0) is 13.5 Å². The molecule has 7 nitrogen and oxygen atoms in total. The zero-order valence-electron chi connectivity index (χ0n) is 18.0. The van der Waals surface area contributed by atoms with Gasteiger partial charge in [-0.3, -0.25) is 4.79 Å². The van der Waals surface area contributed by atoms with E-state index in [1.807, 2.05) is 18.2 Å². The second-order valence-electron chi connectivity index (χ2n) is 7.06. The number of fused-ring (bicyclic) bond motifs is 1. The molecule has 3 rings (SSSR count). The van der Waals surface area contributed by atoms with Gasteiger partial charge in [-0.1, -0.05) is 18.6 Å². The molecule has 0 spiro atoms. The summed E-state index contributed by atoms with van der Waals surface area (Å²) in [4.78, 5) is 17.2. The van der Waals surface area contributed by atoms with Crippen molar-refractivity contribution in [2.75, 3.05) is 27.9 Å². The molecule has 0 bridgehead atoms. The molecule has 160 valence electrons. The van der Waals surface area contributed by atoms with E-state index in [1.54, 1.807) is 12.1 Å². The second-order valence-corrected chi connectivity index (χ2v) is 7.06. The van der Waals surface area contributed by atoms with Gasteiger partial charge in [0.05, 0.1) is 32.4 Å². The van der Waals surface area contributed by atoms with Gasteiger partial charge in [0.2, 0.25) is 5.75 Å². The fraction of sp³-hybridized carbons (Fsp3) is 0.391. The highest BCUT2D eigenvalue weighted by Gasteiger charge is 2.16. The second kappa shape index (κ2) is 10.0. The van der Waals surface area contributed by atoms with Crippen LogP contribution < -0.4 is 19.5 Å². The Hall–Kier alpha value is -3.22. The summed E-state index contributed by atoms with van der Waals surface area (Å²) in [6, 6.07) is 11.5. The van der Waals surface area contributed by atoms with E-state index in [4.69, 9.17) is 19.2 Å². The number of benzene rings is 2. The van der Waals surface area contributed by atoms with Crippen LogP contribution in [0.4, 0.5) is 0 Å². The maximum absolute atomic E-state index is 12.5. The lowest BCUT2D eigenvalue weighted by Crippen LogP contribution is -2.24. The summed E-state index contributed by atoms with van der Waals surface area (Å²) < 4.78 is 18.1. The van der Waals surface area contributed by atoms with Gasteiger partial charge < -0.3 is 24.1 Å². The number of ether oxygens (including phenoxy) is 3. The van der Waals surface area contributed by atoms with E-state index in [9.17, 15) is 4.79 Å². The molecule has 1 aromatic heterocycles. The molecule has 0 atom stereocenters. The SMILES string of the molecule is COc1cc(C(=O)NCCCCCc2nc3ccccc3n2C)cc(OC)c1OC. The standard InChI is InChI=1S/C23H29N3O4/c1-26-18-11-8-7-10-17(18)25-21(26)12-6-5-9-13-24-23(27)16-14-19(28-2)22(30-4)20(15-16)29-3/h7-8,10-11,14-15H,5-6,9,12-13H2,1-4H3,(H,24,27). The van der Waals surface area contributed by atoms with Gasteiger partial charge >= 0.3 is 0 Å². The molecule has 0 aliphatic carbocycles. The van der Waals surface area contributed by atoms with E-state index < -0.39 is 0 Å². The smallest absolute Gasteiger partial charge is 0.251 e. The van der Waals surface area contributed by atoms with E-state index >= 15 is 0 Å². The quantitative estimate of drug-likeness (QED) is 0.515. The average molecular weight is 412 g/mol. The average Bonchev–Trinajstić information content (AvgIpc) is 3.10. The van der Waals surface area contributed by atoms with Gasteiger partial charge in [0, 0.05) is 25.6 Å². The predicted octanol–water partition coefficient (Wildman–Crippen LogP) is 3.74. The summed E-state index contributed by atoms with van der Waals surface area (Å²) in [6.07, 6.45) is 3.86. The van der Waals surface area contributed by atoms with E-state index in [0.29, 0.717) is 29.4 Å². The van der Waals surface area contributed by atoms with Crippen LogP contribution >= 0.6 is 0 Å². The minimum absolute atomic E-state index is 0.162. The Balaban J connectivity index is 1.47. The number of amides is 1. The zero-order chi connectivity index (χ0) is 21.5. The Kier molecular flexibility index (Phi) is 7.17. The molecule has 0 unspecified atom stereocenters.